The fourth-order valence-corrected chi connectivity index (χ4v) is 2.93. The Hall–Kier alpha value is -2.37. The first-order valence-electron chi connectivity index (χ1n) is 7.58. The Morgan fingerprint density at radius 3 is 2.77 bits per heavy atom. The summed E-state index contributed by atoms with van der Waals surface area (Å²) < 4.78 is 6.71. The minimum atomic E-state index is -0.444. The average Bonchev–Trinajstić information content (AvgIpc) is 3.22. The first-order valence-corrected chi connectivity index (χ1v) is 7.58. The van der Waals surface area contributed by atoms with Crippen LogP contribution >= 0.6 is 0 Å². The van der Waals surface area contributed by atoms with Crippen molar-refractivity contribution in [3.63, 3.8) is 0 Å². The van der Waals surface area contributed by atoms with Crippen LogP contribution in [0.25, 0.3) is 11.3 Å². The number of carbonyl (C=O) groups excluding carboxylic acids is 1. The molecule has 1 fully saturated rings. The second-order valence-corrected chi connectivity index (χ2v) is 5.48. The van der Waals surface area contributed by atoms with E-state index in [0.717, 1.165) is 29.8 Å². The summed E-state index contributed by atoms with van der Waals surface area (Å²) in [6.07, 6.45) is 7.93. The number of carbonyl (C=O) groups is 1. The first-order chi connectivity index (χ1) is 10.8. The van der Waals surface area contributed by atoms with Crippen LogP contribution in [-0.4, -0.2) is 28.0 Å². The van der Waals surface area contributed by atoms with Gasteiger partial charge in [-0.2, -0.15) is 5.10 Å². The molecule has 2 aromatic heterocycles. The summed E-state index contributed by atoms with van der Waals surface area (Å²) in [6, 6.07) is 6.44. The van der Waals surface area contributed by atoms with Gasteiger partial charge in [-0.25, -0.2) is 4.79 Å². The van der Waals surface area contributed by atoms with E-state index in [1.807, 2.05) is 18.2 Å². The SMILES string of the molecule is COC(=O)NCc1cc(-c2ccncc2)n(C2CCCC2)n1. The highest BCUT2D eigenvalue weighted by molar-refractivity contribution is 5.67. The molecular weight excluding hydrogens is 280 g/mol. The van der Waals surface area contributed by atoms with Crippen molar-refractivity contribution in [1.29, 1.82) is 0 Å². The highest BCUT2D eigenvalue weighted by Gasteiger charge is 2.22. The van der Waals surface area contributed by atoms with Crippen LogP contribution in [-0.2, 0) is 11.3 Å². The Labute approximate surface area is 129 Å². The number of aromatic nitrogens is 3. The Morgan fingerprint density at radius 1 is 1.36 bits per heavy atom. The normalized spacial score (nSPS) is 15.0. The van der Waals surface area contributed by atoms with Crippen molar-refractivity contribution in [3.8, 4) is 11.3 Å². The van der Waals surface area contributed by atoms with Gasteiger partial charge < -0.3 is 10.1 Å². The summed E-state index contributed by atoms with van der Waals surface area (Å²) >= 11 is 0. The summed E-state index contributed by atoms with van der Waals surface area (Å²) in [6.45, 7) is 0.366. The van der Waals surface area contributed by atoms with Gasteiger partial charge >= 0.3 is 6.09 Å². The number of nitrogens with zero attached hydrogens (tertiary/aromatic N) is 3. The van der Waals surface area contributed by atoms with Crippen molar-refractivity contribution >= 4 is 6.09 Å². The topological polar surface area (TPSA) is 69.0 Å². The van der Waals surface area contributed by atoms with Crippen LogP contribution in [0.1, 0.15) is 37.4 Å². The van der Waals surface area contributed by atoms with Crippen LogP contribution in [0.5, 0.6) is 0 Å². The third kappa shape index (κ3) is 3.10. The van der Waals surface area contributed by atoms with Crippen LogP contribution in [0.3, 0.4) is 0 Å². The second-order valence-electron chi connectivity index (χ2n) is 5.48. The molecule has 1 amide bonds. The fraction of sp³-hybridized carbons (Fsp3) is 0.438. The molecule has 116 valence electrons. The van der Waals surface area contributed by atoms with Crippen molar-refractivity contribution < 1.29 is 9.53 Å². The van der Waals surface area contributed by atoms with Crippen LogP contribution in [0.2, 0.25) is 0 Å². The second kappa shape index (κ2) is 6.60. The Bertz CT molecular complexity index is 633. The molecule has 0 aromatic carbocycles. The highest BCUT2D eigenvalue weighted by atomic mass is 16.5. The van der Waals surface area contributed by atoms with Gasteiger partial charge in [-0.3, -0.25) is 9.67 Å². The minimum absolute atomic E-state index is 0.366. The van der Waals surface area contributed by atoms with Crippen molar-refractivity contribution in [2.75, 3.05) is 7.11 Å². The maximum Gasteiger partial charge on any atom is 0.407 e. The van der Waals surface area contributed by atoms with Crippen LogP contribution in [0, 0.1) is 0 Å². The molecular formula is C16H20N4O2. The number of nitrogens with one attached hydrogen (secondary N) is 1. The number of methoxy groups -OCH3 is 1. The molecule has 0 unspecified atom stereocenters. The molecule has 1 aliphatic rings. The third-order valence-corrected chi connectivity index (χ3v) is 4.03. The van der Waals surface area contributed by atoms with Crippen molar-refractivity contribution in [1.82, 2.24) is 20.1 Å². The molecule has 3 rings (SSSR count). The lowest BCUT2D eigenvalue weighted by molar-refractivity contribution is 0.170. The molecule has 0 atom stereocenters. The number of alkyl carbamates (subject to hydrolysis) is 1. The molecule has 0 radical (unpaired) electrons. The number of hydrogen-bond donors (Lipinski definition) is 1. The van der Waals surface area contributed by atoms with Gasteiger partial charge in [0.05, 0.1) is 31.1 Å². The van der Waals surface area contributed by atoms with Gasteiger partial charge in [0.25, 0.3) is 0 Å². The van der Waals surface area contributed by atoms with E-state index in [2.05, 4.69) is 19.7 Å². The molecule has 1 aliphatic carbocycles. The predicted octanol–water partition coefficient (Wildman–Crippen LogP) is 2.92. The molecule has 0 aliphatic heterocycles. The van der Waals surface area contributed by atoms with Gasteiger partial charge in [0, 0.05) is 18.0 Å². The summed E-state index contributed by atoms with van der Waals surface area (Å²) in [4.78, 5) is 15.3. The molecule has 1 saturated carbocycles. The zero-order valence-corrected chi connectivity index (χ0v) is 12.7. The summed E-state index contributed by atoms with van der Waals surface area (Å²) in [5.41, 5.74) is 3.01. The largest absolute Gasteiger partial charge is 0.453 e. The zero-order valence-electron chi connectivity index (χ0n) is 12.7. The number of hydrogen-bond acceptors (Lipinski definition) is 4. The minimum Gasteiger partial charge on any atom is -0.453 e. The van der Waals surface area contributed by atoms with Crippen molar-refractivity contribution in [2.45, 2.75) is 38.3 Å². The van der Waals surface area contributed by atoms with E-state index < -0.39 is 6.09 Å². The van der Waals surface area contributed by atoms with Gasteiger partial charge in [0.15, 0.2) is 0 Å². The van der Waals surface area contributed by atoms with Crippen molar-refractivity contribution in [2.24, 2.45) is 0 Å². The Kier molecular flexibility index (Phi) is 4.37. The summed E-state index contributed by atoms with van der Waals surface area (Å²) in [7, 11) is 1.36. The van der Waals surface area contributed by atoms with E-state index in [1.165, 1.54) is 20.0 Å². The lowest BCUT2D eigenvalue weighted by Crippen LogP contribution is -2.22. The van der Waals surface area contributed by atoms with E-state index >= 15 is 0 Å². The van der Waals surface area contributed by atoms with Crippen LogP contribution in [0.4, 0.5) is 4.79 Å². The lowest BCUT2D eigenvalue weighted by Gasteiger charge is -2.14. The summed E-state index contributed by atoms with van der Waals surface area (Å²) in [5.74, 6) is 0. The predicted molar refractivity (Wildman–Crippen MR) is 82.2 cm³/mol. The standard InChI is InChI=1S/C16H20N4O2/c1-22-16(21)18-11-13-10-15(12-6-8-17-9-7-12)20(19-13)14-4-2-3-5-14/h6-10,14H,2-5,11H2,1H3,(H,18,21). The van der Waals surface area contributed by atoms with Gasteiger partial charge in [-0.15, -0.1) is 0 Å². The number of pyridine rings is 1. The molecule has 0 bridgehead atoms. The Balaban J connectivity index is 1.88. The monoisotopic (exact) mass is 300 g/mol. The quantitative estimate of drug-likeness (QED) is 0.942. The smallest absolute Gasteiger partial charge is 0.407 e. The van der Waals surface area contributed by atoms with Crippen molar-refractivity contribution in [3.05, 3.63) is 36.3 Å². The average molecular weight is 300 g/mol. The maximum absolute atomic E-state index is 11.2. The molecule has 6 heteroatoms. The molecule has 2 aromatic rings. The van der Waals surface area contributed by atoms with Gasteiger partial charge in [-0.1, -0.05) is 12.8 Å². The maximum atomic E-state index is 11.2. The number of amides is 1. The van der Waals surface area contributed by atoms with E-state index in [-0.39, 0.29) is 0 Å². The van der Waals surface area contributed by atoms with E-state index in [4.69, 9.17) is 5.10 Å². The molecule has 2 heterocycles. The molecule has 6 nitrogen and oxygen atoms in total. The van der Waals surface area contributed by atoms with Gasteiger partial charge in [0.1, 0.15) is 0 Å². The number of rotatable bonds is 4. The molecule has 0 spiro atoms. The zero-order chi connectivity index (χ0) is 15.4. The lowest BCUT2D eigenvalue weighted by atomic mass is 10.1. The van der Waals surface area contributed by atoms with Gasteiger partial charge in [0.2, 0.25) is 0 Å². The van der Waals surface area contributed by atoms with Crippen LogP contribution < -0.4 is 5.32 Å². The molecule has 1 N–H and O–H groups in total. The fourth-order valence-electron chi connectivity index (χ4n) is 2.93. The number of ether oxygens (including phenoxy) is 1. The van der Waals surface area contributed by atoms with Crippen LogP contribution in [0.15, 0.2) is 30.6 Å². The summed E-state index contributed by atoms with van der Waals surface area (Å²) in [5, 5.41) is 7.38. The van der Waals surface area contributed by atoms with E-state index in [0.29, 0.717) is 12.6 Å². The Morgan fingerprint density at radius 2 is 2.09 bits per heavy atom. The van der Waals surface area contributed by atoms with E-state index in [9.17, 15) is 4.79 Å². The van der Waals surface area contributed by atoms with E-state index in [1.54, 1.807) is 12.4 Å². The molecule has 0 saturated heterocycles. The third-order valence-electron chi connectivity index (χ3n) is 4.03. The van der Waals surface area contributed by atoms with Gasteiger partial charge in [-0.05, 0) is 31.0 Å². The first kappa shape index (κ1) is 14.6. The highest BCUT2D eigenvalue weighted by Crippen LogP contribution is 2.33. The molecule has 22 heavy (non-hydrogen) atoms.